The van der Waals surface area contributed by atoms with Crippen molar-refractivity contribution in [2.45, 2.75) is 62.7 Å². The van der Waals surface area contributed by atoms with Gasteiger partial charge in [-0.1, -0.05) is 24.0 Å². The van der Waals surface area contributed by atoms with Crippen LogP contribution in [-0.2, 0) is 13.1 Å². The van der Waals surface area contributed by atoms with Crippen molar-refractivity contribution in [1.29, 1.82) is 0 Å². The van der Waals surface area contributed by atoms with Gasteiger partial charge in [-0.2, -0.15) is 26.3 Å². The van der Waals surface area contributed by atoms with Crippen molar-refractivity contribution < 1.29 is 54.2 Å². The highest BCUT2D eigenvalue weighted by Gasteiger charge is 2.33. The van der Waals surface area contributed by atoms with Crippen LogP contribution in [0.4, 0.5) is 57.9 Å². The van der Waals surface area contributed by atoms with E-state index >= 15 is 0 Å². The molecule has 0 unspecified atom stereocenters. The summed E-state index contributed by atoms with van der Waals surface area (Å²) in [4.78, 5) is 26.6. The number of alkyl halides is 8. The largest absolute Gasteiger partial charge is 0.495 e. The van der Waals surface area contributed by atoms with E-state index in [2.05, 4.69) is 44.9 Å². The molecule has 4 aromatic carbocycles. The molecule has 2 amide bonds. The molecule has 8 rings (SSSR count). The smallest absolute Gasteiger partial charge is 0.406 e. The monoisotopic (exact) mass is 1060 g/mol. The van der Waals surface area contributed by atoms with Crippen LogP contribution >= 0.6 is 0 Å². The van der Waals surface area contributed by atoms with E-state index in [1.54, 1.807) is 60.7 Å². The molecule has 4 atom stereocenters. The maximum Gasteiger partial charge on any atom is 0.406 e. The molecule has 14 nitrogen and oxygen atoms in total. The molecule has 8 N–H and O–H groups in total. The second kappa shape index (κ2) is 24.2. The van der Waals surface area contributed by atoms with Crippen LogP contribution in [0.2, 0.25) is 0 Å². The standard InChI is InChI=1S/2C27H29F4N5O2/c2*1-35-12-10-22(20(28)15-35)34-21-6-3-7-24-19(21)14-18(36(24)16-27(29,30)31)5-4-11-33-23-9-8-17(26(32)37)13-25(23)38-2/h2*3,6-9,13-14,20,22,33-34H,10-12,15-16H2,1-2H3,(H2,32,37)/t2*20-,22+/m10/s1. The van der Waals surface area contributed by atoms with Crippen LogP contribution in [0, 0.1) is 23.7 Å². The summed E-state index contributed by atoms with van der Waals surface area (Å²) >= 11 is 0. The molecule has 22 heteroatoms. The van der Waals surface area contributed by atoms with Crippen molar-refractivity contribution in [1.82, 2.24) is 18.9 Å². The van der Waals surface area contributed by atoms with Crippen molar-refractivity contribution in [2.75, 3.05) is 88.9 Å². The lowest BCUT2D eigenvalue weighted by atomic mass is 10.0. The number of ether oxygens (including phenoxy) is 2. The second-order valence-electron chi connectivity index (χ2n) is 18.4. The van der Waals surface area contributed by atoms with E-state index in [4.69, 9.17) is 20.9 Å². The van der Waals surface area contributed by atoms with Crippen molar-refractivity contribution in [2.24, 2.45) is 11.5 Å². The second-order valence-corrected chi connectivity index (χ2v) is 18.4. The quantitative estimate of drug-likeness (QED) is 0.0460. The number of carbonyl (C=O) groups is 2. The Labute approximate surface area is 434 Å². The van der Waals surface area contributed by atoms with E-state index in [-0.39, 0.29) is 35.6 Å². The van der Waals surface area contributed by atoms with Gasteiger partial charge in [-0.15, -0.1) is 0 Å². The van der Waals surface area contributed by atoms with Gasteiger partial charge >= 0.3 is 12.4 Å². The van der Waals surface area contributed by atoms with E-state index in [1.807, 2.05) is 23.9 Å². The van der Waals surface area contributed by atoms with Gasteiger partial charge < -0.3 is 61.1 Å². The number of nitrogens with one attached hydrogen (secondary N) is 4. The number of methoxy groups -OCH3 is 2. The predicted octanol–water partition coefficient (Wildman–Crippen LogP) is 8.46. The van der Waals surface area contributed by atoms with E-state index in [9.17, 15) is 44.7 Å². The molecule has 0 saturated carbocycles. The summed E-state index contributed by atoms with van der Waals surface area (Å²) < 4.78 is 123. The molecule has 2 aliphatic rings. The van der Waals surface area contributed by atoms with E-state index < -0.39 is 61.7 Å². The van der Waals surface area contributed by atoms with Gasteiger partial charge in [0.1, 0.15) is 36.9 Å². The molecule has 0 spiro atoms. The minimum atomic E-state index is -4.46. The molecule has 0 radical (unpaired) electrons. The van der Waals surface area contributed by atoms with Crippen LogP contribution < -0.4 is 42.2 Å². The highest BCUT2D eigenvalue weighted by Crippen LogP contribution is 2.34. The number of nitrogens with two attached hydrogens (primary N) is 2. The fraction of sp³-hybridized carbons (Fsp3) is 0.370. The van der Waals surface area contributed by atoms with Gasteiger partial charge in [0.2, 0.25) is 11.8 Å². The minimum absolute atomic E-state index is 0.101. The van der Waals surface area contributed by atoms with Crippen LogP contribution in [0.25, 0.3) is 21.8 Å². The molecule has 2 saturated heterocycles. The van der Waals surface area contributed by atoms with Gasteiger partial charge in [-0.3, -0.25) is 9.59 Å². The van der Waals surface area contributed by atoms with Crippen LogP contribution in [0.5, 0.6) is 11.5 Å². The zero-order chi connectivity index (χ0) is 54.9. The number of anilines is 4. The summed E-state index contributed by atoms with van der Waals surface area (Å²) in [5, 5.41) is 13.6. The van der Waals surface area contributed by atoms with Crippen molar-refractivity contribution in [3.63, 3.8) is 0 Å². The Morgan fingerprint density at radius 1 is 0.605 bits per heavy atom. The van der Waals surface area contributed by atoms with E-state index in [0.29, 0.717) is 82.0 Å². The molecular formula is C54H58F8N10O4. The van der Waals surface area contributed by atoms with Gasteiger partial charge in [-0.25, -0.2) is 8.78 Å². The Balaban J connectivity index is 0.000000221. The fourth-order valence-corrected chi connectivity index (χ4v) is 9.09. The number of amides is 2. The van der Waals surface area contributed by atoms with E-state index in [0.717, 1.165) is 22.2 Å². The third kappa shape index (κ3) is 14.3. The fourth-order valence-electron chi connectivity index (χ4n) is 9.09. The van der Waals surface area contributed by atoms with Crippen molar-refractivity contribution >= 4 is 56.4 Å². The van der Waals surface area contributed by atoms with Gasteiger partial charge in [0.15, 0.2) is 0 Å². The SMILES string of the molecule is COc1cc(C(N)=O)ccc1NCC#Cc1cc2c(N[C@@H]3CCN(C)C[C@@H]3F)cccc2n1CC(F)(F)F.COc1cc(C(N)=O)ccc1NCC#Cc1cc2c(N[C@H]3CCN(C)C[C@H]3F)cccc2n1CC(F)(F)F. The average molecular weight is 1060 g/mol. The molecule has 76 heavy (non-hydrogen) atoms. The summed E-state index contributed by atoms with van der Waals surface area (Å²) in [7, 11) is 6.59. The first-order valence-electron chi connectivity index (χ1n) is 24.1. The summed E-state index contributed by atoms with van der Waals surface area (Å²) in [6.45, 7) is -0.176. The summed E-state index contributed by atoms with van der Waals surface area (Å²) in [5.41, 5.74) is 14.5. The molecular weight excluding hydrogens is 1000 g/mol. The molecule has 404 valence electrons. The number of fused-ring (bicyclic) bond motifs is 2. The number of primary amides is 2. The first-order chi connectivity index (χ1) is 36.1. The first kappa shape index (κ1) is 55.9. The molecule has 0 aliphatic carbocycles. The number of carbonyl (C=O) groups excluding carboxylic acids is 2. The number of halogens is 8. The number of nitrogens with zero attached hydrogens (tertiary/aromatic N) is 4. The summed E-state index contributed by atoms with van der Waals surface area (Å²) in [6, 6.07) is 21.6. The highest BCUT2D eigenvalue weighted by molar-refractivity contribution is 5.96. The number of aromatic nitrogens is 2. The average Bonchev–Trinajstić information content (AvgIpc) is 3.90. The Morgan fingerprint density at radius 2 is 1.00 bits per heavy atom. The lowest BCUT2D eigenvalue weighted by Crippen LogP contribution is -2.46. The van der Waals surface area contributed by atoms with Crippen LogP contribution in [-0.4, -0.2) is 135 Å². The number of hydrogen-bond acceptors (Lipinski definition) is 10. The summed E-state index contributed by atoms with van der Waals surface area (Å²) in [5.74, 6) is 10.9. The molecule has 4 heterocycles. The van der Waals surface area contributed by atoms with Gasteiger partial charge in [0, 0.05) is 59.5 Å². The van der Waals surface area contributed by atoms with Gasteiger partial charge in [0.05, 0.1) is 73.2 Å². The minimum Gasteiger partial charge on any atom is -0.495 e. The number of hydrogen-bond donors (Lipinski definition) is 6. The summed E-state index contributed by atoms with van der Waals surface area (Å²) in [6.07, 6.45) is -9.95. The number of likely N-dealkylation sites (tertiary alicyclic amines) is 2. The number of benzene rings is 4. The topological polar surface area (TPSA) is 169 Å². The molecule has 2 fully saturated rings. The molecule has 2 aliphatic heterocycles. The zero-order valence-electron chi connectivity index (χ0n) is 42.1. The zero-order valence-corrected chi connectivity index (χ0v) is 42.1. The van der Waals surface area contributed by atoms with E-state index in [1.165, 1.54) is 38.5 Å². The third-order valence-electron chi connectivity index (χ3n) is 12.9. The molecule has 2 aromatic heterocycles. The first-order valence-corrected chi connectivity index (χ1v) is 24.1. The third-order valence-corrected chi connectivity index (χ3v) is 12.9. The normalized spacial score (nSPS) is 18.1. The van der Waals surface area contributed by atoms with Crippen molar-refractivity contribution in [3.05, 3.63) is 107 Å². The highest BCUT2D eigenvalue weighted by atomic mass is 19.4. The lowest BCUT2D eigenvalue weighted by molar-refractivity contribution is -0.140. The Bertz CT molecular complexity index is 2960. The maximum absolute atomic E-state index is 14.6. The Morgan fingerprint density at radius 3 is 1.34 bits per heavy atom. The van der Waals surface area contributed by atoms with Crippen LogP contribution in [0.3, 0.4) is 0 Å². The predicted molar refractivity (Wildman–Crippen MR) is 279 cm³/mol. The van der Waals surface area contributed by atoms with Crippen LogP contribution in [0.15, 0.2) is 84.9 Å². The number of rotatable bonds is 14. The molecule has 6 aromatic rings. The number of piperidine rings is 2. The maximum atomic E-state index is 14.6. The van der Waals surface area contributed by atoms with Crippen molar-refractivity contribution in [3.8, 4) is 35.2 Å². The molecule has 0 bridgehead atoms. The van der Waals surface area contributed by atoms with Crippen LogP contribution in [0.1, 0.15) is 44.9 Å². The van der Waals surface area contributed by atoms with Gasteiger partial charge in [0.25, 0.3) is 0 Å². The lowest BCUT2D eigenvalue weighted by Gasteiger charge is -2.33. The Hall–Kier alpha value is -7.82. The Kier molecular flexibility index (Phi) is 17.8. The van der Waals surface area contributed by atoms with Gasteiger partial charge in [-0.05, 0) is 112 Å².